The topological polar surface area (TPSA) is 26.3 Å². The first-order valence-corrected chi connectivity index (χ1v) is 7.70. The number of hydrogen-bond donors (Lipinski definition) is 0. The zero-order chi connectivity index (χ0) is 10.7. The molecule has 84 valence electrons. The van der Waals surface area contributed by atoms with Gasteiger partial charge in [-0.3, -0.25) is 0 Å². The quantitative estimate of drug-likeness (QED) is 0.571. The monoisotopic (exact) mass is 274 g/mol. The van der Waals surface area contributed by atoms with Crippen molar-refractivity contribution in [3.63, 3.8) is 0 Å². The minimum absolute atomic E-state index is 0.0468. The fourth-order valence-corrected chi connectivity index (χ4v) is 5.23. The molecule has 3 heteroatoms. The summed E-state index contributed by atoms with van der Waals surface area (Å²) in [5, 5.41) is 0. The summed E-state index contributed by atoms with van der Waals surface area (Å²) in [5.74, 6) is 0.0468. The molecule has 0 aromatic heterocycles. The first-order valence-electron chi connectivity index (χ1n) is 5.85. The Morgan fingerprint density at radius 1 is 1.40 bits per heavy atom. The standard InChI is InChI=1S/C12H18O2Se/c1-2-14-12(13)11-8-9-6-4-3-5-7-10(9)15-11/h11H,2-8H2,1H3. The molecule has 1 aliphatic carbocycles. The maximum atomic E-state index is 11.6. The number of rotatable bonds is 2. The number of hydrogen-bond acceptors (Lipinski definition) is 2. The third-order valence-electron chi connectivity index (χ3n) is 3.04. The zero-order valence-corrected chi connectivity index (χ0v) is 11.0. The molecule has 1 aliphatic heterocycles. The van der Waals surface area contributed by atoms with Crippen molar-refractivity contribution >= 4 is 20.9 Å². The molecule has 0 amide bonds. The molecule has 0 aromatic rings. The van der Waals surface area contributed by atoms with Gasteiger partial charge in [0.25, 0.3) is 0 Å². The molecule has 0 bridgehead atoms. The number of carbonyl (C=O) groups excluding carboxylic acids is 1. The molecule has 2 rings (SSSR count). The van der Waals surface area contributed by atoms with Gasteiger partial charge in [0.05, 0.1) is 0 Å². The van der Waals surface area contributed by atoms with Crippen molar-refractivity contribution in [3.8, 4) is 0 Å². The van der Waals surface area contributed by atoms with Gasteiger partial charge in [-0.15, -0.1) is 0 Å². The van der Waals surface area contributed by atoms with Gasteiger partial charge in [-0.1, -0.05) is 0 Å². The predicted molar refractivity (Wildman–Crippen MR) is 60.9 cm³/mol. The Bertz CT molecular complexity index is 265. The van der Waals surface area contributed by atoms with Crippen molar-refractivity contribution in [3.05, 3.63) is 10.0 Å². The Hall–Kier alpha value is -0.271. The van der Waals surface area contributed by atoms with Crippen molar-refractivity contribution in [2.75, 3.05) is 6.61 Å². The summed E-state index contributed by atoms with van der Waals surface area (Å²) >= 11 is 0.395. The zero-order valence-electron chi connectivity index (χ0n) is 9.25. The molecule has 0 saturated heterocycles. The van der Waals surface area contributed by atoms with Crippen LogP contribution in [0.1, 0.15) is 45.4 Å². The van der Waals surface area contributed by atoms with Gasteiger partial charge in [-0.2, -0.15) is 0 Å². The van der Waals surface area contributed by atoms with Gasteiger partial charge in [0.15, 0.2) is 0 Å². The maximum absolute atomic E-state index is 11.6. The fourth-order valence-electron chi connectivity index (χ4n) is 2.28. The second kappa shape index (κ2) is 5.18. The van der Waals surface area contributed by atoms with E-state index in [9.17, 15) is 4.79 Å². The van der Waals surface area contributed by atoms with Crippen LogP contribution in [-0.2, 0) is 9.53 Å². The molecule has 0 aromatic carbocycles. The second-order valence-electron chi connectivity index (χ2n) is 4.15. The minimum atomic E-state index is 0.0468. The fraction of sp³-hybridized carbons (Fsp3) is 0.750. The van der Waals surface area contributed by atoms with Gasteiger partial charge >= 0.3 is 97.4 Å². The van der Waals surface area contributed by atoms with Crippen LogP contribution in [0.5, 0.6) is 0 Å². The Labute approximate surface area is 97.6 Å². The van der Waals surface area contributed by atoms with E-state index >= 15 is 0 Å². The van der Waals surface area contributed by atoms with Gasteiger partial charge in [0.1, 0.15) is 0 Å². The molecule has 0 fully saturated rings. The summed E-state index contributed by atoms with van der Waals surface area (Å²) in [5.41, 5.74) is 1.60. The van der Waals surface area contributed by atoms with E-state index in [1.54, 1.807) is 10.0 Å². The van der Waals surface area contributed by atoms with E-state index in [0.29, 0.717) is 21.6 Å². The Morgan fingerprint density at radius 2 is 2.20 bits per heavy atom. The Kier molecular flexibility index (Phi) is 3.87. The average molecular weight is 273 g/mol. The van der Waals surface area contributed by atoms with Crippen LogP contribution >= 0.6 is 0 Å². The number of allylic oxidation sites excluding steroid dienone is 2. The Morgan fingerprint density at radius 3 is 3.00 bits per heavy atom. The van der Waals surface area contributed by atoms with E-state index < -0.39 is 0 Å². The normalized spacial score (nSPS) is 26.1. The molecule has 0 radical (unpaired) electrons. The molecular weight excluding hydrogens is 255 g/mol. The van der Waals surface area contributed by atoms with Crippen LogP contribution in [0.4, 0.5) is 0 Å². The van der Waals surface area contributed by atoms with Crippen molar-refractivity contribution in [1.29, 1.82) is 0 Å². The molecule has 15 heavy (non-hydrogen) atoms. The number of esters is 1. The van der Waals surface area contributed by atoms with E-state index in [2.05, 4.69) is 0 Å². The molecule has 0 saturated carbocycles. The summed E-state index contributed by atoms with van der Waals surface area (Å²) in [6.07, 6.45) is 7.53. The van der Waals surface area contributed by atoms with E-state index in [1.165, 1.54) is 32.1 Å². The van der Waals surface area contributed by atoms with Gasteiger partial charge in [0.2, 0.25) is 0 Å². The number of ether oxygens (including phenoxy) is 1. The summed E-state index contributed by atoms with van der Waals surface area (Å²) in [4.78, 5) is 11.9. The van der Waals surface area contributed by atoms with Crippen molar-refractivity contribution < 1.29 is 9.53 Å². The predicted octanol–water partition coefficient (Wildman–Crippen LogP) is 2.66. The van der Waals surface area contributed by atoms with E-state index in [-0.39, 0.29) is 10.8 Å². The molecule has 0 spiro atoms. The average Bonchev–Trinajstić information content (AvgIpc) is 2.51. The molecule has 1 heterocycles. The molecule has 2 nitrogen and oxygen atoms in total. The Balaban J connectivity index is 1.94. The molecule has 0 N–H and O–H groups in total. The van der Waals surface area contributed by atoms with Crippen LogP contribution in [0.3, 0.4) is 0 Å². The number of carbonyl (C=O) groups is 1. The van der Waals surface area contributed by atoms with Crippen molar-refractivity contribution in [2.24, 2.45) is 0 Å². The van der Waals surface area contributed by atoms with Crippen molar-refractivity contribution in [2.45, 2.75) is 50.3 Å². The van der Waals surface area contributed by atoms with Crippen LogP contribution in [0.25, 0.3) is 0 Å². The van der Waals surface area contributed by atoms with Crippen LogP contribution < -0.4 is 0 Å². The van der Waals surface area contributed by atoms with Gasteiger partial charge in [-0.25, -0.2) is 0 Å². The van der Waals surface area contributed by atoms with Gasteiger partial charge in [-0.05, 0) is 0 Å². The summed E-state index contributed by atoms with van der Waals surface area (Å²) in [6, 6.07) is 0. The third-order valence-corrected chi connectivity index (χ3v) is 6.02. The van der Waals surface area contributed by atoms with Gasteiger partial charge in [0, 0.05) is 0 Å². The van der Waals surface area contributed by atoms with Crippen LogP contribution in [0.15, 0.2) is 10.0 Å². The second-order valence-corrected chi connectivity index (χ2v) is 6.87. The SMILES string of the molecule is CCOC(=O)C1CC2=C(CCCCC2)[Se]1. The first kappa shape index (κ1) is 11.2. The summed E-state index contributed by atoms with van der Waals surface area (Å²) < 4.78 is 6.75. The molecular formula is C12H18O2Se. The van der Waals surface area contributed by atoms with E-state index in [1.807, 2.05) is 6.92 Å². The summed E-state index contributed by atoms with van der Waals surface area (Å²) in [6.45, 7) is 2.41. The van der Waals surface area contributed by atoms with Crippen LogP contribution in [0.2, 0.25) is 4.82 Å². The third kappa shape index (κ3) is 2.64. The molecule has 2 aliphatic rings. The van der Waals surface area contributed by atoms with Crippen LogP contribution in [-0.4, -0.2) is 27.5 Å². The van der Waals surface area contributed by atoms with Crippen LogP contribution in [0, 0.1) is 0 Å². The van der Waals surface area contributed by atoms with E-state index in [0.717, 1.165) is 6.42 Å². The molecule has 1 unspecified atom stereocenters. The van der Waals surface area contributed by atoms with E-state index in [4.69, 9.17) is 4.74 Å². The summed E-state index contributed by atoms with van der Waals surface area (Å²) in [7, 11) is 0. The first-order chi connectivity index (χ1) is 7.31. The van der Waals surface area contributed by atoms with Crippen molar-refractivity contribution in [1.82, 2.24) is 0 Å². The molecule has 1 atom stereocenters. The van der Waals surface area contributed by atoms with Gasteiger partial charge < -0.3 is 0 Å².